The molecule has 1 atom stereocenters. The quantitative estimate of drug-likeness (QED) is 0.848. The molecule has 1 aromatic rings. The number of benzene rings is 1. The molecular formula is C19H28N4O2. The molecule has 0 bridgehead atoms. The molecule has 1 unspecified atom stereocenters. The Morgan fingerprint density at radius 3 is 2.44 bits per heavy atom. The molecule has 0 radical (unpaired) electrons. The van der Waals surface area contributed by atoms with Gasteiger partial charge in [-0.1, -0.05) is 30.3 Å². The summed E-state index contributed by atoms with van der Waals surface area (Å²) < 4.78 is 0. The molecule has 2 saturated heterocycles. The molecule has 25 heavy (non-hydrogen) atoms. The number of hydrogen-bond donors (Lipinski definition) is 2. The molecule has 3 N–H and O–H groups in total. The zero-order valence-corrected chi connectivity index (χ0v) is 14.7. The van der Waals surface area contributed by atoms with Gasteiger partial charge in [0.25, 0.3) is 0 Å². The first-order chi connectivity index (χ1) is 12.1. The number of piperidine rings is 1. The second-order valence-corrected chi connectivity index (χ2v) is 7.23. The van der Waals surface area contributed by atoms with Crippen molar-refractivity contribution in [2.24, 2.45) is 17.6 Å². The van der Waals surface area contributed by atoms with Gasteiger partial charge in [-0.05, 0) is 43.8 Å². The maximum absolute atomic E-state index is 12.2. The maximum atomic E-state index is 12.2. The number of nitrogens with zero attached hydrogens (tertiary/aromatic N) is 2. The van der Waals surface area contributed by atoms with Crippen LogP contribution in [0.5, 0.6) is 0 Å². The first-order valence-corrected chi connectivity index (χ1v) is 9.20. The van der Waals surface area contributed by atoms with Crippen LogP contribution in [0.3, 0.4) is 0 Å². The molecule has 6 heteroatoms. The smallest absolute Gasteiger partial charge is 0.317 e. The fraction of sp³-hybridized carbons (Fsp3) is 0.579. The first-order valence-electron chi connectivity index (χ1n) is 9.20. The van der Waals surface area contributed by atoms with Gasteiger partial charge < -0.3 is 16.0 Å². The van der Waals surface area contributed by atoms with Crippen LogP contribution in [0.25, 0.3) is 0 Å². The lowest BCUT2D eigenvalue weighted by molar-refractivity contribution is -0.121. The number of nitrogens with one attached hydrogen (secondary N) is 1. The molecule has 2 fully saturated rings. The largest absolute Gasteiger partial charge is 0.369 e. The molecule has 1 aromatic carbocycles. The van der Waals surface area contributed by atoms with E-state index in [4.69, 9.17) is 5.73 Å². The minimum absolute atomic E-state index is 0.0598. The van der Waals surface area contributed by atoms with Gasteiger partial charge in [0.1, 0.15) is 0 Å². The number of urea groups is 1. The third-order valence-corrected chi connectivity index (χ3v) is 5.38. The van der Waals surface area contributed by atoms with Crippen LogP contribution in [-0.4, -0.2) is 54.5 Å². The van der Waals surface area contributed by atoms with E-state index in [-0.39, 0.29) is 17.9 Å². The fourth-order valence-corrected chi connectivity index (χ4v) is 3.71. The number of rotatable bonds is 5. The number of carbonyl (C=O) groups is 2. The van der Waals surface area contributed by atoms with Gasteiger partial charge in [-0.2, -0.15) is 0 Å². The predicted molar refractivity (Wildman–Crippen MR) is 96.7 cm³/mol. The molecule has 6 nitrogen and oxygen atoms in total. The molecule has 0 spiro atoms. The van der Waals surface area contributed by atoms with E-state index >= 15 is 0 Å². The molecule has 2 heterocycles. The lowest BCUT2D eigenvalue weighted by Crippen LogP contribution is -2.43. The number of carbonyl (C=O) groups excluding carboxylic acids is 2. The van der Waals surface area contributed by atoms with Crippen molar-refractivity contribution in [3.8, 4) is 0 Å². The molecule has 0 saturated carbocycles. The summed E-state index contributed by atoms with van der Waals surface area (Å²) in [6, 6.07) is 10.5. The molecular weight excluding hydrogens is 316 g/mol. The van der Waals surface area contributed by atoms with E-state index in [1.807, 2.05) is 6.07 Å². The van der Waals surface area contributed by atoms with Crippen molar-refractivity contribution < 1.29 is 9.59 Å². The van der Waals surface area contributed by atoms with Crippen molar-refractivity contribution in [2.75, 3.05) is 32.7 Å². The van der Waals surface area contributed by atoms with Crippen LogP contribution in [0.4, 0.5) is 4.79 Å². The van der Waals surface area contributed by atoms with Crippen LogP contribution in [0.1, 0.15) is 24.8 Å². The van der Waals surface area contributed by atoms with E-state index in [1.165, 1.54) is 5.56 Å². The second kappa shape index (κ2) is 8.34. The minimum atomic E-state index is -0.305. The van der Waals surface area contributed by atoms with E-state index in [0.29, 0.717) is 25.4 Å². The standard InChI is InChI=1S/C19H28N4O2/c20-18(24)17-8-11-23(14-17)19(25)21-12-15-6-9-22(10-7-15)13-16-4-2-1-3-5-16/h1-5,15,17H,6-14H2,(H2,20,24)(H,21,25). The Labute approximate surface area is 149 Å². The van der Waals surface area contributed by atoms with E-state index in [2.05, 4.69) is 34.5 Å². The van der Waals surface area contributed by atoms with Gasteiger partial charge in [-0.15, -0.1) is 0 Å². The third kappa shape index (κ3) is 4.95. The van der Waals surface area contributed by atoms with E-state index in [0.717, 1.165) is 39.0 Å². The van der Waals surface area contributed by atoms with Crippen LogP contribution >= 0.6 is 0 Å². The van der Waals surface area contributed by atoms with Crippen LogP contribution in [0, 0.1) is 11.8 Å². The highest BCUT2D eigenvalue weighted by Crippen LogP contribution is 2.19. The van der Waals surface area contributed by atoms with Crippen molar-refractivity contribution in [3.05, 3.63) is 35.9 Å². The monoisotopic (exact) mass is 344 g/mol. The number of primary amides is 1. The minimum Gasteiger partial charge on any atom is -0.369 e. The van der Waals surface area contributed by atoms with Crippen LogP contribution in [0.15, 0.2) is 30.3 Å². The summed E-state index contributed by atoms with van der Waals surface area (Å²) in [5, 5.41) is 3.03. The molecule has 0 aliphatic carbocycles. The van der Waals surface area contributed by atoms with E-state index in [1.54, 1.807) is 4.90 Å². The summed E-state index contributed by atoms with van der Waals surface area (Å²) in [5.74, 6) is 0.0403. The van der Waals surface area contributed by atoms with Crippen molar-refractivity contribution in [1.82, 2.24) is 15.1 Å². The van der Waals surface area contributed by atoms with E-state index in [9.17, 15) is 9.59 Å². The first kappa shape index (κ1) is 17.7. The normalized spacial score (nSPS) is 22.1. The summed E-state index contributed by atoms with van der Waals surface area (Å²) in [5.41, 5.74) is 6.67. The lowest BCUT2D eigenvalue weighted by atomic mass is 9.96. The second-order valence-electron chi connectivity index (χ2n) is 7.23. The molecule has 2 aliphatic heterocycles. The molecule has 136 valence electrons. The highest BCUT2D eigenvalue weighted by molar-refractivity contribution is 5.80. The van der Waals surface area contributed by atoms with Gasteiger partial charge in [-0.3, -0.25) is 9.69 Å². The highest BCUT2D eigenvalue weighted by Gasteiger charge is 2.30. The molecule has 2 aliphatic rings. The summed E-state index contributed by atoms with van der Waals surface area (Å²) >= 11 is 0. The Hall–Kier alpha value is -2.08. The fourth-order valence-electron chi connectivity index (χ4n) is 3.71. The Kier molecular flexibility index (Phi) is 5.91. The lowest BCUT2D eigenvalue weighted by Gasteiger charge is -2.32. The van der Waals surface area contributed by atoms with Crippen molar-refractivity contribution in [1.29, 1.82) is 0 Å². The SMILES string of the molecule is NC(=O)C1CCN(C(=O)NCC2CCN(Cc3ccccc3)CC2)C1. The van der Waals surface area contributed by atoms with Crippen molar-refractivity contribution >= 4 is 11.9 Å². The number of hydrogen-bond acceptors (Lipinski definition) is 3. The highest BCUT2D eigenvalue weighted by atomic mass is 16.2. The number of likely N-dealkylation sites (tertiary alicyclic amines) is 2. The number of nitrogens with two attached hydrogens (primary N) is 1. The van der Waals surface area contributed by atoms with Gasteiger partial charge in [0.2, 0.25) is 5.91 Å². The van der Waals surface area contributed by atoms with Crippen molar-refractivity contribution in [2.45, 2.75) is 25.8 Å². The summed E-state index contributed by atoms with van der Waals surface area (Å²) in [6.45, 7) is 4.94. The van der Waals surface area contributed by atoms with Gasteiger partial charge in [0, 0.05) is 26.2 Å². The average molecular weight is 344 g/mol. The topological polar surface area (TPSA) is 78.7 Å². The number of amides is 3. The Bertz CT molecular complexity index is 584. The summed E-state index contributed by atoms with van der Waals surface area (Å²) in [7, 11) is 0. The van der Waals surface area contributed by atoms with Crippen LogP contribution in [-0.2, 0) is 11.3 Å². The van der Waals surface area contributed by atoms with Crippen LogP contribution < -0.4 is 11.1 Å². The van der Waals surface area contributed by atoms with Gasteiger partial charge in [0.15, 0.2) is 0 Å². The predicted octanol–water partition coefficient (Wildman–Crippen LogP) is 1.42. The van der Waals surface area contributed by atoms with Gasteiger partial charge in [0.05, 0.1) is 5.92 Å². The van der Waals surface area contributed by atoms with Gasteiger partial charge >= 0.3 is 6.03 Å². The van der Waals surface area contributed by atoms with Crippen LogP contribution in [0.2, 0.25) is 0 Å². The Morgan fingerprint density at radius 1 is 1.08 bits per heavy atom. The Balaban J connectivity index is 1.35. The molecule has 3 amide bonds. The zero-order chi connectivity index (χ0) is 17.6. The molecule has 3 rings (SSSR count). The average Bonchev–Trinajstić information content (AvgIpc) is 3.12. The summed E-state index contributed by atoms with van der Waals surface area (Å²) in [4.78, 5) is 27.6. The summed E-state index contributed by atoms with van der Waals surface area (Å²) in [6.07, 6.45) is 2.90. The van der Waals surface area contributed by atoms with Gasteiger partial charge in [-0.25, -0.2) is 4.79 Å². The van der Waals surface area contributed by atoms with E-state index < -0.39 is 0 Å². The zero-order valence-electron chi connectivity index (χ0n) is 14.7. The Morgan fingerprint density at radius 2 is 1.80 bits per heavy atom. The third-order valence-electron chi connectivity index (χ3n) is 5.38. The van der Waals surface area contributed by atoms with Crippen molar-refractivity contribution in [3.63, 3.8) is 0 Å². The maximum Gasteiger partial charge on any atom is 0.317 e. The molecule has 0 aromatic heterocycles.